The van der Waals surface area contributed by atoms with Gasteiger partial charge in [-0.25, -0.2) is 4.98 Å². The van der Waals surface area contributed by atoms with Crippen LogP contribution in [-0.4, -0.2) is 34.2 Å². The van der Waals surface area contributed by atoms with E-state index in [1.165, 1.54) is 0 Å². The Labute approximate surface area is 148 Å². The van der Waals surface area contributed by atoms with Gasteiger partial charge in [-0.3, -0.25) is 20.4 Å². The van der Waals surface area contributed by atoms with Crippen molar-refractivity contribution in [1.29, 1.82) is 0 Å². The standard InChI is InChI=1S/C16H20N6O4/c1-2-26-11-8-9(17-7-3-4-12(23)24)5-6-10(11)14-18-15-13(16(25)19-14)20-22-21-15/h5-6,8,17,20,22H,2-4,7H2,1H3,(H,23,24)(H2,18,19,21,25). The number of aromatic amines is 1. The maximum Gasteiger partial charge on any atom is 0.303 e. The van der Waals surface area contributed by atoms with E-state index < -0.39 is 5.97 Å². The molecule has 2 heterocycles. The fourth-order valence-electron chi connectivity index (χ4n) is 2.54. The van der Waals surface area contributed by atoms with E-state index in [0.29, 0.717) is 48.2 Å². The molecular formula is C16H20N6O4. The predicted molar refractivity (Wildman–Crippen MR) is 97.2 cm³/mol. The van der Waals surface area contributed by atoms with Crippen molar-refractivity contribution in [3.8, 4) is 17.1 Å². The zero-order chi connectivity index (χ0) is 18.5. The smallest absolute Gasteiger partial charge is 0.303 e. The van der Waals surface area contributed by atoms with Crippen LogP contribution in [0.1, 0.15) is 19.8 Å². The van der Waals surface area contributed by atoms with Crippen molar-refractivity contribution >= 4 is 23.2 Å². The van der Waals surface area contributed by atoms with Crippen molar-refractivity contribution in [3.63, 3.8) is 0 Å². The van der Waals surface area contributed by atoms with Gasteiger partial charge < -0.3 is 20.1 Å². The molecule has 1 aliphatic rings. The molecule has 0 fully saturated rings. The van der Waals surface area contributed by atoms with Crippen molar-refractivity contribution in [2.75, 3.05) is 29.3 Å². The van der Waals surface area contributed by atoms with Gasteiger partial charge in [-0.05, 0) is 25.5 Å². The highest BCUT2D eigenvalue weighted by Crippen LogP contribution is 2.32. The number of nitrogens with one attached hydrogen (secondary N) is 5. The highest BCUT2D eigenvalue weighted by molar-refractivity contribution is 5.73. The molecule has 138 valence electrons. The molecule has 0 bridgehead atoms. The van der Waals surface area contributed by atoms with E-state index in [-0.39, 0.29) is 12.0 Å². The van der Waals surface area contributed by atoms with E-state index in [1.807, 2.05) is 13.0 Å². The van der Waals surface area contributed by atoms with E-state index in [4.69, 9.17) is 9.84 Å². The maximum absolute atomic E-state index is 12.1. The van der Waals surface area contributed by atoms with Gasteiger partial charge >= 0.3 is 5.97 Å². The minimum Gasteiger partial charge on any atom is -0.493 e. The lowest BCUT2D eigenvalue weighted by Gasteiger charge is -2.13. The molecule has 1 aliphatic heterocycles. The number of H-pyrrole nitrogens is 1. The lowest BCUT2D eigenvalue weighted by atomic mass is 10.1. The Bertz CT molecular complexity index is 866. The highest BCUT2D eigenvalue weighted by atomic mass is 16.5. The SMILES string of the molecule is CCOc1cc(NCCCC(=O)O)ccc1-c1nc2c(c(=O)[nH]1)NNN2. The third kappa shape index (κ3) is 3.86. The van der Waals surface area contributed by atoms with Crippen molar-refractivity contribution < 1.29 is 14.6 Å². The molecule has 2 aromatic rings. The number of aliphatic carboxylic acids is 1. The Balaban J connectivity index is 1.84. The molecule has 26 heavy (non-hydrogen) atoms. The van der Waals surface area contributed by atoms with Gasteiger partial charge in [0.15, 0.2) is 11.5 Å². The number of hydrogen-bond acceptors (Lipinski definition) is 8. The number of rotatable bonds is 8. The molecule has 10 heteroatoms. The fourth-order valence-corrected chi connectivity index (χ4v) is 2.54. The van der Waals surface area contributed by atoms with Gasteiger partial charge in [-0.2, -0.15) is 0 Å². The molecule has 0 unspecified atom stereocenters. The third-order valence-electron chi connectivity index (χ3n) is 3.72. The molecular weight excluding hydrogens is 340 g/mol. The van der Waals surface area contributed by atoms with E-state index in [2.05, 4.69) is 31.7 Å². The zero-order valence-electron chi connectivity index (χ0n) is 14.2. The van der Waals surface area contributed by atoms with Gasteiger partial charge in [0.05, 0.1) is 12.2 Å². The molecule has 6 N–H and O–H groups in total. The summed E-state index contributed by atoms with van der Waals surface area (Å²) in [5.74, 6) is 0.536. The number of carboxylic acid groups (broad SMARTS) is 1. The lowest BCUT2D eigenvalue weighted by Crippen LogP contribution is -2.21. The normalized spacial score (nSPS) is 12.0. The first-order valence-corrected chi connectivity index (χ1v) is 8.22. The Morgan fingerprint density at radius 3 is 2.96 bits per heavy atom. The van der Waals surface area contributed by atoms with Crippen LogP contribution in [0.4, 0.5) is 17.2 Å². The summed E-state index contributed by atoms with van der Waals surface area (Å²) >= 11 is 0. The second-order valence-electron chi connectivity index (χ2n) is 5.58. The van der Waals surface area contributed by atoms with Crippen molar-refractivity contribution in [2.24, 2.45) is 0 Å². The van der Waals surface area contributed by atoms with Crippen LogP contribution in [0.25, 0.3) is 11.4 Å². The summed E-state index contributed by atoms with van der Waals surface area (Å²) in [6, 6.07) is 5.43. The molecule has 0 spiro atoms. The molecule has 1 aromatic heterocycles. The largest absolute Gasteiger partial charge is 0.493 e. The number of nitrogens with zero attached hydrogens (tertiary/aromatic N) is 1. The van der Waals surface area contributed by atoms with Crippen molar-refractivity contribution in [1.82, 2.24) is 15.5 Å². The van der Waals surface area contributed by atoms with Crippen LogP contribution < -0.4 is 32.0 Å². The van der Waals surface area contributed by atoms with Crippen LogP contribution in [0.15, 0.2) is 23.0 Å². The summed E-state index contributed by atoms with van der Waals surface area (Å²) < 4.78 is 5.69. The first-order chi connectivity index (χ1) is 12.6. The fraction of sp³-hybridized carbons (Fsp3) is 0.312. The van der Waals surface area contributed by atoms with E-state index in [1.54, 1.807) is 12.1 Å². The zero-order valence-corrected chi connectivity index (χ0v) is 14.2. The van der Waals surface area contributed by atoms with Gasteiger partial charge in [0.1, 0.15) is 11.6 Å². The Morgan fingerprint density at radius 1 is 1.35 bits per heavy atom. The van der Waals surface area contributed by atoms with E-state index in [9.17, 15) is 9.59 Å². The van der Waals surface area contributed by atoms with E-state index >= 15 is 0 Å². The number of carbonyl (C=O) groups is 1. The average molecular weight is 360 g/mol. The third-order valence-corrected chi connectivity index (χ3v) is 3.72. The van der Waals surface area contributed by atoms with Gasteiger partial charge in [-0.1, -0.05) is 0 Å². The minimum absolute atomic E-state index is 0.110. The van der Waals surface area contributed by atoms with Crippen molar-refractivity contribution in [3.05, 3.63) is 28.6 Å². The predicted octanol–water partition coefficient (Wildman–Crippen LogP) is 1.37. The monoisotopic (exact) mass is 360 g/mol. The van der Waals surface area contributed by atoms with Gasteiger partial charge in [0.25, 0.3) is 5.56 Å². The molecule has 0 amide bonds. The second kappa shape index (κ2) is 7.74. The number of aromatic nitrogens is 2. The molecule has 1 aromatic carbocycles. The quantitative estimate of drug-likeness (QED) is 0.385. The molecule has 0 atom stereocenters. The van der Waals surface area contributed by atoms with Crippen LogP contribution in [0.3, 0.4) is 0 Å². The highest BCUT2D eigenvalue weighted by Gasteiger charge is 2.18. The summed E-state index contributed by atoms with van der Waals surface area (Å²) in [5.41, 5.74) is 9.54. The Kier molecular flexibility index (Phi) is 5.23. The maximum atomic E-state index is 12.1. The molecule has 3 rings (SSSR count). The number of ether oxygens (including phenoxy) is 1. The topological polar surface area (TPSA) is 140 Å². The molecule has 0 aliphatic carbocycles. The number of hydrazine groups is 2. The number of carboxylic acids is 1. The Morgan fingerprint density at radius 2 is 2.19 bits per heavy atom. The van der Waals surface area contributed by atoms with Gasteiger partial charge in [-0.15, -0.1) is 5.53 Å². The molecule has 0 saturated carbocycles. The first-order valence-electron chi connectivity index (χ1n) is 8.22. The average Bonchev–Trinajstić information content (AvgIpc) is 3.08. The number of hydrogen-bond donors (Lipinski definition) is 6. The summed E-state index contributed by atoms with van der Waals surface area (Å²) in [6.07, 6.45) is 0.630. The van der Waals surface area contributed by atoms with Gasteiger partial charge in [0, 0.05) is 24.7 Å². The van der Waals surface area contributed by atoms with Crippen LogP contribution in [-0.2, 0) is 4.79 Å². The van der Waals surface area contributed by atoms with Crippen molar-refractivity contribution in [2.45, 2.75) is 19.8 Å². The molecule has 10 nitrogen and oxygen atoms in total. The molecule has 0 radical (unpaired) electrons. The molecule has 0 saturated heterocycles. The second-order valence-corrected chi connectivity index (χ2v) is 5.58. The number of anilines is 3. The summed E-state index contributed by atoms with van der Waals surface area (Å²) in [5, 5.41) is 11.8. The van der Waals surface area contributed by atoms with Gasteiger partial charge in [0.2, 0.25) is 0 Å². The van der Waals surface area contributed by atoms with Crippen LogP contribution >= 0.6 is 0 Å². The summed E-state index contributed by atoms with van der Waals surface area (Å²) in [6.45, 7) is 2.85. The van der Waals surface area contributed by atoms with E-state index in [0.717, 1.165) is 5.69 Å². The first kappa shape index (κ1) is 17.5. The summed E-state index contributed by atoms with van der Waals surface area (Å²) in [7, 11) is 0. The Hall–Kier alpha value is -3.27. The number of fused-ring (bicyclic) bond motifs is 1. The van der Waals surface area contributed by atoms with Crippen LogP contribution in [0.2, 0.25) is 0 Å². The number of benzene rings is 1. The minimum atomic E-state index is -0.818. The summed E-state index contributed by atoms with van der Waals surface area (Å²) in [4.78, 5) is 29.8. The lowest BCUT2D eigenvalue weighted by molar-refractivity contribution is -0.137. The van der Waals surface area contributed by atoms with Crippen LogP contribution in [0.5, 0.6) is 5.75 Å². The van der Waals surface area contributed by atoms with Crippen LogP contribution in [0, 0.1) is 0 Å².